The standard InChI is InChI=1S/C30H42O4/c1-17-8-13-30(25(33)34)15-14-27(5)19(23(30)18(17)2)16-20(31)24-28(27,6)12-9-21-26(3,4)11-10-22(32)29(21,24)7/h10-11,16-18,21,23-24H,8-9,12-15H2,1-7H3,(H,33,34)/t17-,18+,21?,23?,24?,27-,28-,29-,30+/m1/s1. The molecule has 5 rings (SSSR count). The number of carboxylic acids is 1. The monoisotopic (exact) mass is 466 g/mol. The Kier molecular flexibility index (Phi) is 4.90. The SMILES string of the molecule is C[C@@H]1CC[C@]2(C(=O)O)CC[C@]3(C)C(=CC(=O)C4[C@@]5(C)C(=O)C=CC(C)(C)C5CC[C@]43C)C2[C@H]1C. The molecule has 3 fully saturated rings. The van der Waals surface area contributed by atoms with Gasteiger partial charge in [0.1, 0.15) is 0 Å². The molecule has 0 saturated heterocycles. The fourth-order valence-electron chi connectivity index (χ4n) is 10.0. The second-order valence-electron chi connectivity index (χ2n) is 13.9. The normalized spacial score (nSPS) is 51.5. The summed E-state index contributed by atoms with van der Waals surface area (Å²) in [5.41, 5.74) is -1.17. The molecule has 0 amide bonds. The zero-order valence-corrected chi connectivity index (χ0v) is 22.0. The number of aliphatic carboxylic acids is 1. The van der Waals surface area contributed by atoms with E-state index in [0.717, 1.165) is 31.3 Å². The Balaban J connectivity index is 1.71. The van der Waals surface area contributed by atoms with Gasteiger partial charge in [0.15, 0.2) is 11.6 Å². The van der Waals surface area contributed by atoms with E-state index in [-0.39, 0.29) is 51.5 Å². The molecule has 0 aliphatic heterocycles. The molecule has 9 atom stereocenters. The lowest BCUT2D eigenvalue weighted by atomic mass is 9.33. The summed E-state index contributed by atoms with van der Waals surface area (Å²) in [6.45, 7) is 15.5. The van der Waals surface area contributed by atoms with E-state index in [1.54, 1.807) is 6.08 Å². The Morgan fingerprint density at radius 2 is 1.65 bits per heavy atom. The van der Waals surface area contributed by atoms with Gasteiger partial charge in [0, 0.05) is 11.3 Å². The van der Waals surface area contributed by atoms with Gasteiger partial charge in [0.2, 0.25) is 0 Å². The quantitative estimate of drug-likeness (QED) is 0.496. The molecule has 0 heterocycles. The Morgan fingerprint density at radius 1 is 0.971 bits per heavy atom. The summed E-state index contributed by atoms with van der Waals surface area (Å²) in [7, 11) is 0. The van der Waals surface area contributed by atoms with E-state index in [9.17, 15) is 19.5 Å². The molecule has 0 spiro atoms. The minimum absolute atomic E-state index is 0.0632. The van der Waals surface area contributed by atoms with Crippen LogP contribution >= 0.6 is 0 Å². The first kappa shape index (κ1) is 24.0. The van der Waals surface area contributed by atoms with Gasteiger partial charge in [0.25, 0.3) is 0 Å². The average Bonchev–Trinajstić information content (AvgIpc) is 2.74. The maximum atomic E-state index is 14.2. The summed E-state index contributed by atoms with van der Waals surface area (Å²) in [5.74, 6) is -0.229. The number of hydrogen-bond acceptors (Lipinski definition) is 3. The number of carbonyl (C=O) groups excluding carboxylic acids is 2. The van der Waals surface area contributed by atoms with Crippen LogP contribution in [0.4, 0.5) is 0 Å². The van der Waals surface area contributed by atoms with Gasteiger partial charge < -0.3 is 5.11 Å². The van der Waals surface area contributed by atoms with E-state index in [1.165, 1.54) is 0 Å². The zero-order chi connectivity index (χ0) is 25.1. The number of fused-ring (bicyclic) bond motifs is 7. The van der Waals surface area contributed by atoms with Gasteiger partial charge in [-0.05, 0) is 90.6 Å². The van der Waals surface area contributed by atoms with Gasteiger partial charge in [-0.15, -0.1) is 0 Å². The van der Waals surface area contributed by atoms with Crippen LogP contribution in [0.5, 0.6) is 0 Å². The van der Waals surface area contributed by atoms with E-state index in [4.69, 9.17) is 0 Å². The minimum Gasteiger partial charge on any atom is -0.481 e. The first-order chi connectivity index (χ1) is 15.7. The number of carbonyl (C=O) groups is 3. The predicted molar refractivity (Wildman–Crippen MR) is 132 cm³/mol. The number of carboxylic acid groups (broad SMARTS) is 1. The molecule has 0 aromatic heterocycles. The van der Waals surface area contributed by atoms with Crippen molar-refractivity contribution in [2.45, 2.75) is 87.0 Å². The fourth-order valence-corrected chi connectivity index (χ4v) is 10.0. The van der Waals surface area contributed by atoms with Crippen molar-refractivity contribution in [3.63, 3.8) is 0 Å². The largest absolute Gasteiger partial charge is 0.481 e. The molecule has 0 radical (unpaired) electrons. The maximum absolute atomic E-state index is 14.2. The van der Waals surface area contributed by atoms with Crippen molar-refractivity contribution < 1.29 is 19.5 Å². The highest BCUT2D eigenvalue weighted by atomic mass is 16.4. The molecule has 3 unspecified atom stereocenters. The molecule has 4 nitrogen and oxygen atoms in total. The van der Waals surface area contributed by atoms with Crippen molar-refractivity contribution in [2.24, 2.45) is 56.7 Å². The molecular weight excluding hydrogens is 424 g/mol. The smallest absolute Gasteiger partial charge is 0.310 e. The van der Waals surface area contributed by atoms with E-state index in [0.29, 0.717) is 18.8 Å². The Labute approximate surface area is 204 Å². The number of ketones is 2. The van der Waals surface area contributed by atoms with Crippen LogP contribution in [0.1, 0.15) is 87.0 Å². The minimum atomic E-state index is -0.771. The highest BCUT2D eigenvalue weighted by molar-refractivity contribution is 6.04. The van der Waals surface area contributed by atoms with Crippen molar-refractivity contribution in [1.82, 2.24) is 0 Å². The van der Waals surface area contributed by atoms with Crippen LogP contribution in [0.3, 0.4) is 0 Å². The fraction of sp³-hybridized carbons (Fsp3) is 0.767. The average molecular weight is 467 g/mol. The molecule has 186 valence electrons. The third-order valence-corrected chi connectivity index (χ3v) is 12.4. The van der Waals surface area contributed by atoms with Gasteiger partial charge in [-0.2, -0.15) is 0 Å². The molecule has 4 heteroatoms. The van der Waals surface area contributed by atoms with Crippen molar-refractivity contribution in [3.8, 4) is 0 Å². The number of rotatable bonds is 1. The summed E-state index contributed by atoms with van der Waals surface area (Å²) < 4.78 is 0. The summed E-state index contributed by atoms with van der Waals surface area (Å²) in [6, 6.07) is 0. The van der Waals surface area contributed by atoms with Crippen molar-refractivity contribution in [1.29, 1.82) is 0 Å². The number of hydrogen-bond donors (Lipinski definition) is 1. The zero-order valence-electron chi connectivity index (χ0n) is 22.0. The Morgan fingerprint density at radius 3 is 2.29 bits per heavy atom. The van der Waals surface area contributed by atoms with Gasteiger partial charge in [-0.3, -0.25) is 14.4 Å². The van der Waals surface area contributed by atoms with Gasteiger partial charge in [-0.25, -0.2) is 0 Å². The van der Waals surface area contributed by atoms with E-state index in [1.807, 2.05) is 12.2 Å². The van der Waals surface area contributed by atoms with Crippen LogP contribution in [0.25, 0.3) is 0 Å². The first-order valence-electron chi connectivity index (χ1n) is 13.4. The van der Waals surface area contributed by atoms with E-state index < -0.39 is 16.8 Å². The summed E-state index contributed by atoms with van der Waals surface area (Å²) in [6.07, 6.45) is 10.5. The molecule has 34 heavy (non-hydrogen) atoms. The lowest BCUT2D eigenvalue weighted by Crippen LogP contribution is -2.67. The molecule has 1 N–H and O–H groups in total. The van der Waals surface area contributed by atoms with E-state index >= 15 is 0 Å². The van der Waals surface area contributed by atoms with Gasteiger partial charge in [0.05, 0.1) is 5.41 Å². The Bertz CT molecular complexity index is 1030. The molecule has 0 aromatic rings. The second-order valence-corrected chi connectivity index (χ2v) is 13.9. The highest BCUT2D eigenvalue weighted by Crippen LogP contribution is 2.74. The summed E-state index contributed by atoms with van der Waals surface area (Å²) >= 11 is 0. The second kappa shape index (κ2) is 6.95. The van der Waals surface area contributed by atoms with Crippen molar-refractivity contribution in [2.75, 3.05) is 0 Å². The van der Waals surface area contributed by atoms with E-state index in [2.05, 4.69) is 48.5 Å². The third kappa shape index (κ3) is 2.58. The summed E-state index contributed by atoms with van der Waals surface area (Å²) in [4.78, 5) is 40.5. The van der Waals surface area contributed by atoms with Crippen LogP contribution < -0.4 is 0 Å². The highest BCUT2D eigenvalue weighted by Gasteiger charge is 2.72. The molecule has 3 saturated carbocycles. The van der Waals surface area contributed by atoms with Gasteiger partial charge in [-0.1, -0.05) is 60.1 Å². The molecule has 5 aliphatic rings. The van der Waals surface area contributed by atoms with Crippen LogP contribution in [-0.2, 0) is 14.4 Å². The van der Waals surface area contributed by atoms with Crippen LogP contribution in [0, 0.1) is 56.7 Å². The van der Waals surface area contributed by atoms with Crippen LogP contribution in [0.15, 0.2) is 23.8 Å². The lowest BCUT2D eigenvalue weighted by Gasteiger charge is -2.69. The van der Waals surface area contributed by atoms with Crippen LogP contribution in [-0.4, -0.2) is 22.6 Å². The molecule has 5 aliphatic carbocycles. The molecule has 0 aromatic carbocycles. The lowest BCUT2D eigenvalue weighted by molar-refractivity contribution is -0.185. The maximum Gasteiger partial charge on any atom is 0.310 e. The van der Waals surface area contributed by atoms with Crippen molar-refractivity contribution >= 4 is 17.5 Å². The molecular formula is C30H42O4. The molecule has 0 bridgehead atoms. The number of allylic oxidation sites excluding steroid dienone is 4. The topological polar surface area (TPSA) is 71.4 Å². The summed E-state index contributed by atoms with van der Waals surface area (Å²) in [5, 5.41) is 10.5. The predicted octanol–water partition coefficient (Wildman–Crippen LogP) is 6.25. The third-order valence-electron chi connectivity index (χ3n) is 12.4. The van der Waals surface area contributed by atoms with Crippen LogP contribution in [0.2, 0.25) is 0 Å². The Hall–Kier alpha value is -1.71. The first-order valence-corrected chi connectivity index (χ1v) is 13.4. The van der Waals surface area contributed by atoms with Gasteiger partial charge >= 0.3 is 5.97 Å². The van der Waals surface area contributed by atoms with Crippen molar-refractivity contribution in [3.05, 3.63) is 23.8 Å².